The van der Waals surface area contributed by atoms with Crippen LogP contribution in [0.4, 0.5) is 5.82 Å². The van der Waals surface area contributed by atoms with Crippen LogP contribution < -0.4 is 5.73 Å². The SMILES string of the molecule is Nc1nn(CC(=O)O)c2ccccc12. The molecule has 0 amide bonds. The number of aliphatic carboxylic acids is 1. The Labute approximate surface area is 79.7 Å². The average Bonchev–Trinajstić information content (AvgIpc) is 2.44. The van der Waals surface area contributed by atoms with Gasteiger partial charge in [-0.15, -0.1) is 0 Å². The van der Waals surface area contributed by atoms with Crippen LogP contribution in [-0.4, -0.2) is 20.9 Å². The Morgan fingerprint density at radius 1 is 1.50 bits per heavy atom. The molecule has 2 rings (SSSR count). The van der Waals surface area contributed by atoms with Crippen LogP contribution in [-0.2, 0) is 11.3 Å². The molecule has 1 aromatic carbocycles. The van der Waals surface area contributed by atoms with Crippen molar-refractivity contribution in [1.82, 2.24) is 9.78 Å². The van der Waals surface area contributed by atoms with Crippen molar-refractivity contribution in [2.45, 2.75) is 6.54 Å². The van der Waals surface area contributed by atoms with Crippen molar-refractivity contribution in [3.8, 4) is 0 Å². The van der Waals surface area contributed by atoms with Crippen molar-refractivity contribution in [1.29, 1.82) is 0 Å². The number of carbonyl (C=O) groups is 1. The fraction of sp³-hybridized carbons (Fsp3) is 0.111. The van der Waals surface area contributed by atoms with Gasteiger partial charge in [0, 0.05) is 5.39 Å². The molecule has 72 valence electrons. The lowest BCUT2D eigenvalue weighted by Gasteiger charge is -1.97. The van der Waals surface area contributed by atoms with Crippen molar-refractivity contribution in [2.75, 3.05) is 5.73 Å². The summed E-state index contributed by atoms with van der Waals surface area (Å²) in [5.74, 6) is -0.569. The first kappa shape index (κ1) is 8.55. The largest absolute Gasteiger partial charge is 0.480 e. The zero-order valence-electron chi connectivity index (χ0n) is 7.34. The first-order chi connectivity index (χ1) is 6.68. The highest BCUT2D eigenvalue weighted by atomic mass is 16.4. The molecule has 5 nitrogen and oxygen atoms in total. The van der Waals surface area contributed by atoms with Crippen molar-refractivity contribution in [2.24, 2.45) is 0 Å². The smallest absolute Gasteiger partial charge is 0.325 e. The van der Waals surface area contributed by atoms with E-state index in [1.54, 1.807) is 6.07 Å². The number of hydrogen-bond acceptors (Lipinski definition) is 3. The number of nitrogen functional groups attached to an aromatic ring is 1. The number of rotatable bonds is 2. The van der Waals surface area contributed by atoms with Crippen LogP contribution in [0.2, 0.25) is 0 Å². The maximum absolute atomic E-state index is 10.5. The van der Waals surface area contributed by atoms with Crippen molar-refractivity contribution >= 4 is 22.7 Å². The molecule has 0 bridgehead atoms. The number of carboxylic acids is 1. The standard InChI is InChI=1S/C9H9N3O2/c10-9-6-3-1-2-4-7(6)12(11-9)5-8(13)14/h1-4H,5H2,(H2,10,11)(H,13,14). The number of hydrogen-bond donors (Lipinski definition) is 2. The van der Waals surface area contributed by atoms with Gasteiger partial charge in [-0.1, -0.05) is 12.1 Å². The molecule has 0 aliphatic carbocycles. The Balaban J connectivity index is 2.60. The highest BCUT2D eigenvalue weighted by Gasteiger charge is 2.08. The number of nitrogens with zero attached hydrogens (tertiary/aromatic N) is 2. The predicted octanol–water partition coefficient (Wildman–Crippen LogP) is 0.703. The van der Waals surface area contributed by atoms with Gasteiger partial charge in [-0.2, -0.15) is 5.10 Å². The number of nitrogens with two attached hydrogens (primary N) is 1. The maximum Gasteiger partial charge on any atom is 0.325 e. The van der Waals surface area contributed by atoms with E-state index in [1.165, 1.54) is 4.68 Å². The third-order valence-electron chi connectivity index (χ3n) is 1.97. The van der Waals surface area contributed by atoms with E-state index in [1.807, 2.05) is 18.2 Å². The second kappa shape index (κ2) is 3.02. The van der Waals surface area contributed by atoms with Crippen LogP contribution in [0.25, 0.3) is 10.9 Å². The summed E-state index contributed by atoms with van der Waals surface area (Å²) in [5.41, 5.74) is 6.37. The van der Waals surface area contributed by atoms with E-state index in [9.17, 15) is 4.79 Å². The molecule has 0 fully saturated rings. The fourth-order valence-corrected chi connectivity index (χ4v) is 1.40. The van der Waals surface area contributed by atoms with Gasteiger partial charge in [-0.05, 0) is 12.1 Å². The van der Waals surface area contributed by atoms with Crippen LogP contribution in [0.15, 0.2) is 24.3 Å². The molecule has 0 saturated heterocycles. The van der Waals surface area contributed by atoms with Crippen LogP contribution in [0.1, 0.15) is 0 Å². The van der Waals surface area contributed by atoms with Gasteiger partial charge in [0.05, 0.1) is 5.52 Å². The van der Waals surface area contributed by atoms with Crippen molar-refractivity contribution in [3.05, 3.63) is 24.3 Å². The van der Waals surface area contributed by atoms with Gasteiger partial charge >= 0.3 is 5.97 Å². The van der Waals surface area contributed by atoms with E-state index in [2.05, 4.69) is 5.10 Å². The van der Waals surface area contributed by atoms with Crippen LogP contribution >= 0.6 is 0 Å². The second-order valence-electron chi connectivity index (χ2n) is 2.95. The first-order valence-electron chi connectivity index (χ1n) is 4.11. The Morgan fingerprint density at radius 3 is 2.93 bits per heavy atom. The number of fused-ring (bicyclic) bond motifs is 1. The molecular formula is C9H9N3O2. The Hall–Kier alpha value is -2.04. The molecule has 0 radical (unpaired) electrons. The highest BCUT2D eigenvalue weighted by molar-refractivity contribution is 5.89. The molecular weight excluding hydrogens is 182 g/mol. The minimum Gasteiger partial charge on any atom is -0.480 e. The summed E-state index contributed by atoms with van der Waals surface area (Å²) in [6, 6.07) is 7.27. The molecule has 3 N–H and O–H groups in total. The van der Waals surface area contributed by atoms with Crippen LogP contribution in [0.3, 0.4) is 0 Å². The third-order valence-corrected chi connectivity index (χ3v) is 1.97. The van der Waals surface area contributed by atoms with Gasteiger partial charge in [0.25, 0.3) is 0 Å². The minimum atomic E-state index is -0.932. The van der Waals surface area contributed by atoms with E-state index in [0.29, 0.717) is 5.82 Å². The van der Waals surface area contributed by atoms with Gasteiger partial charge < -0.3 is 10.8 Å². The van der Waals surface area contributed by atoms with Crippen LogP contribution in [0, 0.1) is 0 Å². The number of carboxylic acid groups (broad SMARTS) is 1. The topological polar surface area (TPSA) is 81.1 Å². The number of para-hydroxylation sites is 1. The first-order valence-corrected chi connectivity index (χ1v) is 4.11. The Kier molecular flexibility index (Phi) is 1.85. The van der Waals surface area contributed by atoms with Crippen molar-refractivity contribution < 1.29 is 9.90 Å². The van der Waals surface area contributed by atoms with Gasteiger partial charge in [0.2, 0.25) is 0 Å². The molecule has 5 heteroatoms. The van der Waals surface area contributed by atoms with E-state index < -0.39 is 5.97 Å². The molecule has 0 aliphatic heterocycles. The number of benzene rings is 1. The Bertz CT molecular complexity index is 490. The van der Waals surface area contributed by atoms with Gasteiger partial charge in [-0.3, -0.25) is 9.48 Å². The van der Waals surface area contributed by atoms with Gasteiger partial charge in [0.1, 0.15) is 6.54 Å². The number of anilines is 1. The summed E-state index contributed by atoms with van der Waals surface area (Å²) < 4.78 is 1.38. The zero-order chi connectivity index (χ0) is 10.1. The molecule has 1 aromatic heterocycles. The molecule has 0 spiro atoms. The van der Waals surface area contributed by atoms with Crippen molar-refractivity contribution in [3.63, 3.8) is 0 Å². The monoisotopic (exact) mass is 191 g/mol. The van der Waals surface area contributed by atoms with Gasteiger partial charge in [-0.25, -0.2) is 0 Å². The average molecular weight is 191 g/mol. The molecule has 1 heterocycles. The zero-order valence-corrected chi connectivity index (χ0v) is 7.34. The normalized spacial score (nSPS) is 10.6. The van der Waals surface area contributed by atoms with E-state index in [0.717, 1.165) is 10.9 Å². The summed E-state index contributed by atoms with van der Waals surface area (Å²) in [5, 5.41) is 13.4. The second-order valence-corrected chi connectivity index (χ2v) is 2.95. The molecule has 0 saturated carbocycles. The molecule has 0 aliphatic rings. The van der Waals surface area contributed by atoms with Crippen LogP contribution in [0.5, 0.6) is 0 Å². The van der Waals surface area contributed by atoms with Gasteiger partial charge in [0.15, 0.2) is 5.82 Å². The molecule has 0 unspecified atom stereocenters. The third kappa shape index (κ3) is 1.28. The lowest BCUT2D eigenvalue weighted by Crippen LogP contribution is -2.10. The summed E-state index contributed by atoms with van der Waals surface area (Å²) in [4.78, 5) is 10.5. The summed E-state index contributed by atoms with van der Waals surface area (Å²) in [6.45, 7) is -0.169. The molecule has 0 atom stereocenters. The maximum atomic E-state index is 10.5. The molecule has 14 heavy (non-hydrogen) atoms. The number of aromatic nitrogens is 2. The Morgan fingerprint density at radius 2 is 2.21 bits per heavy atom. The fourth-order valence-electron chi connectivity index (χ4n) is 1.40. The minimum absolute atomic E-state index is 0.169. The summed E-state index contributed by atoms with van der Waals surface area (Å²) in [7, 11) is 0. The lowest BCUT2D eigenvalue weighted by molar-refractivity contribution is -0.137. The summed E-state index contributed by atoms with van der Waals surface area (Å²) in [6.07, 6.45) is 0. The quantitative estimate of drug-likeness (QED) is 0.732. The highest BCUT2D eigenvalue weighted by Crippen LogP contribution is 2.19. The molecule has 2 aromatic rings. The van der Waals surface area contributed by atoms with E-state index in [-0.39, 0.29) is 6.54 Å². The summed E-state index contributed by atoms with van der Waals surface area (Å²) >= 11 is 0. The van der Waals surface area contributed by atoms with E-state index >= 15 is 0 Å². The van der Waals surface area contributed by atoms with E-state index in [4.69, 9.17) is 10.8 Å². The lowest BCUT2D eigenvalue weighted by atomic mass is 10.2. The predicted molar refractivity (Wildman–Crippen MR) is 51.8 cm³/mol.